The second-order valence-corrected chi connectivity index (χ2v) is 15.8. The van der Waals surface area contributed by atoms with E-state index in [2.05, 4.69) is 54.9 Å². The van der Waals surface area contributed by atoms with Gasteiger partial charge in [-0.15, -0.1) is 0 Å². The average Bonchev–Trinajstić information content (AvgIpc) is 3.25. The normalized spacial score (nSPS) is 12.2. The van der Waals surface area contributed by atoms with Gasteiger partial charge in [0.05, 0.1) is 36.5 Å². The van der Waals surface area contributed by atoms with E-state index in [4.69, 9.17) is 18.9 Å². The first kappa shape index (κ1) is 25.4. The Morgan fingerprint density at radius 3 is 2.43 bits per heavy atom. The average molecular weight is 555 g/mol. The predicted octanol–water partition coefficient (Wildman–Crippen LogP) is 7.29. The third-order valence-corrected chi connectivity index (χ3v) is 11.5. The minimum atomic E-state index is -1.86. The maximum absolute atomic E-state index is 6.38. The molecular weight excluding hydrogens is 522 g/mol. The summed E-state index contributed by atoms with van der Waals surface area (Å²) >= 11 is 3.63. The fourth-order valence-corrected chi connectivity index (χ4v) is 4.75. The van der Waals surface area contributed by atoms with Gasteiger partial charge >= 0.3 is 0 Å². The van der Waals surface area contributed by atoms with Crippen molar-refractivity contribution in [1.29, 1.82) is 0 Å². The van der Waals surface area contributed by atoms with Gasteiger partial charge in [0.15, 0.2) is 14.1 Å². The number of aromatic nitrogens is 3. The lowest BCUT2D eigenvalue weighted by molar-refractivity contribution is 0.272. The lowest BCUT2D eigenvalue weighted by Gasteiger charge is -2.36. The molecular formula is C27H32BrN3O3Si. The van der Waals surface area contributed by atoms with E-state index < -0.39 is 8.32 Å². The number of halogens is 1. The van der Waals surface area contributed by atoms with Crippen LogP contribution in [0.15, 0.2) is 65.3 Å². The van der Waals surface area contributed by atoms with Crippen molar-refractivity contribution in [1.82, 2.24) is 14.8 Å². The van der Waals surface area contributed by atoms with Crippen molar-refractivity contribution in [2.24, 2.45) is 0 Å². The highest BCUT2D eigenvalue weighted by Crippen LogP contribution is 2.37. The molecule has 4 aromatic rings. The van der Waals surface area contributed by atoms with Gasteiger partial charge in [0, 0.05) is 4.47 Å². The van der Waals surface area contributed by atoms with E-state index in [-0.39, 0.29) is 5.04 Å². The number of hydrogen-bond donors (Lipinski definition) is 0. The maximum Gasteiger partial charge on any atom is 0.192 e. The quantitative estimate of drug-likeness (QED) is 0.214. The van der Waals surface area contributed by atoms with Gasteiger partial charge in [-0.05, 0) is 60.1 Å². The van der Waals surface area contributed by atoms with Crippen molar-refractivity contribution >= 4 is 35.2 Å². The van der Waals surface area contributed by atoms with Crippen LogP contribution in [0.1, 0.15) is 32.0 Å². The van der Waals surface area contributed by atoms with Crippen LogP contribution in [0.4, 0.5) is 0 Å². The predicted molar refractivity (Wildman–Crippen MR) is 146 cm³/mol. The Bertz CT molecular complexity index is 1310. The van der Waals surface area contributed by atoms with Gasteiger partial charge in [-0.1, -0.05) is 54.9 Å². The van der Waals surface area contributed by atoms with Gasteiger partial charge in [0.1, 0.15) is 18.1 Å². The van der Waals surface area contributed by atoms with E-state index in [1.165, 1.54) is 0 Å². The second kappa shape index (κ2) is 10.1. The maximum atomic E-state index is 6.38. The molecule has 0 aliphatic rings. The van der Waals surface area contributed by atoms with Gasteiger partial charge < -0.3 is 13.9 Å². The Labute approximate surface area is 216 Å². The molecule has 0 spiro atoms. The zero-order valence-electron chi connectivity index (χ0n) is 21.1. The number of nitrogens with zero attached hydrogens (tertiary/aromatic N) is 3. The molecule has 0 unspecified atom stereocenters. The summed E-state index contributed by atoms with van der Waals surface area (Å²) in [5.74, 6) is 2.33. The summed E-state index contributed by atoms with van der Waals surface area (Å²) < 4.78 is 20.5. The Hall–Kier alpha value is -2.68. The number of fused-ring (bicyclic) bond motifs is 1. The van der Waals surface area contributed by atoms with Gasteiger partial charge in [-0.25, -0.2) is 9.67 Å². The molecule has 35 heavy (non-hydrogen) atoms. The highest BCUT2D eigenvalue weighted by Gasteiger charge is 2.37. The lowest BCUT2D eigenvalue weighted by Crippen LogP contribution is -2.40. The summed E-state index contributed by atoms with van der Waals surface area (Å²) in [5.41, 5.74) is 2.86. The Morgan fingerprint density at radius 1 is 1.00 bits per heavy atom. The van der Waals surface area contributed by atoms with Crippen LogP contribution in [0, 0.1) is 0 Å². The standard InChI is InChI=1S/C27H32BrN3O3Si/c1-27(2,3)35(5,6)34-18-21-8-7-9-26(30-21)31-24-14-20(28)15-25(23(24)16-29-31)33-17-19-10-12-22(32-4)13-11-19/h7-16H,17-18H2,1-6H3. The summed E-state index contributed by atoms with van der Waals surface area (Å²) in [7, 11) is -0.205. The van der Waals surface area contributed by atoms with Crippen molar-refractivity contribution in [3.63, 3.8) is 0 Å². The third-order valence-electron chi connectivity index (χ3n) is 6.57. The molecule has 0 radical (unpaired) electrons. The Morgan fingerprint density at radius 2 is 1.74 bits per heavy atom. The molecule has 0 aliphatic heterocycles. The van der Waals surface area contributed by atoms with Gasteiger partial charge in [-0.2, -0.15) is 5.10 Å². The monoisotopic (exact) mass is 553 g/mol. The van der Waals surface area contributed by atoms with Crippen molar-refractivity contribution in [3.05, 3.63) is 76.5 Å². The molecule has 8 heteroatoms. The molecule has 6 nitrogen and oxygen atoms in total. The molecule has 0 fully saturated rings. The molecule has 0 bridgehead atoms. The summed E-state index contributed by atoms with van der Waals surface area (Å²) in [6.07, 6.45) is 1.83. The SMILES string of the molecule is COc1ccc(COc2cc(Br)cc3c2cnn3-c2cccc(CO[Si](C)(C)C(C)(C)C)n2)cc1. The molecule has 0 atom stereocenters. The summed E-state index contributed by atoms with van der Waals surface area (Å²) in [4.78, 5) is 4.85. The van der Waals surface area contributed by atoms with E-state index in [1.54, 1.807) is 7.11 Å². The first-order chi connectivity index (χ1) is 16.6. The van der Waals surface area contributed by atoms with Crippen molar-refractivity contribution < 1.29 is 13.9 Å². The summed E-state index contributed by atoms with van der Waals surface area (Å²) in [6.45, 7) is 12.2. The molecule has 0 aliphatic carbocycles. The smallest absolute Gasteiger partial charge is 0.192 e. The number of rotatable bonds is 8. The number of ether oxygens (including phenoxy) is 2. The third kappa shape index (κ3) is 5.77. The number of benzene rings is 2. The highest BCUT2D eigenvalue weighted by molar-refractivity contribution is 9.10. The molecule has 2 heterocycles. The number of pyridine rings is 1. The van der Waals surface area contributed by atoms with Gasteiger partial charge in [0.25, 0.3) is 0 Å². The molecule has 0 N–H and O–H groups in total. The van der Waals surface area contributed by atoms with Crippen LogP contribution < -0.4 is 9.47 Å². The Balaban J connectivity index is 1.58. The molecule has 2 aromatic carbocycles. The Kier molecular flexibility index (Phi) is 7.35. The number of hydrogen-bond acceptors (Lipinski definition) is 5. The zero-order valence-corrected chi connectivity index (χ0v) is 23.7. The number of methoxy groups -OCH3 is 1. The van der Waals surface area contributed by atoms with Crippen LogP contribution in [0.2, 0.25) is 18.1 Å². The minimum Gasteiger partial charge on any atom is -0.497 e. The first-order valence-corrected chi connectivity index (χ1v) is 15.3. The van der Waals surface area contributed by atoms with E-state index in [0.717, 1.165) is 43.9 Å². The summed E-state index contributed by atoms with van der Waals surface area (Å²) in [5, 5.41) is 5.71. The molecule has 184 valence electrons. The van der Waals surface area contributed by atoms with Crippen LogP contribution in [-0.4, -0.2) is 30.2 Å². The van der Waals surface area contributed by atoms with Gasteiger partial charge in [0.2, 0.25) is 0 Å². The largest absolute Gasteiger partial charge is 0.497 e. The van der Waals surface area contributed by atoms with Crippen LogP contribution >= 0.6 is 15.9 Å². The fraction of sp³-hybridized carbons (Fsp3) is 0.333. The first-order valence-electron chi connectivity index (χ1n) is 11.6. The summed E-state index contributed by atoms with van der Waals surface area (Å²) in [6, 6.07) is 17.8. The van der Waals surface area contributed by atoms with Crippen LogP contribution in [0.25, 0.3) is 16.7 Å². The molecule has 2 aromatic heterocycles. The van der Waals surface area contributed by atoms with Crippen molar-refractivity contribution in [2.45, 2.75) is 52.1 Å². The van der Waals surface area contributed by atoms with E-state index >= 15 is 0 Å². The van der Waals surface area contributed by atoms with Crippen LogP contribution in [0.3, 0.4) is 0 Å². The molecule has 0 amide bonds. The van der Waals surface area contributed by atoms with Crippen LogP contribution in [-0.2, 0) is 17.6 Å². The molecule has 0 saturated heterocycles. The highest BCUT2D eigenvalue weighted by atomic mass is 79.9. The fourth-order valence-electron chi connectivity index (χ4n) is 3.38. The van der Waals surface area contributed by atoms with Crippen molar-refractivity contribution in [2.75, 3.05) is 7.11 Å². The van der Waals surface area contributed by atoms with E-state index in [9.17, 15) is 0 Å². The van der Waals surface area contributed by atoms with Crippen LogP contribution in [0.5, 0.6) is 11.5 Å². The van der Waals surface area contributed by atoms with E-state index in [1.807, 2.05) is 65.5 Å². The minimum absolute atomic E-state index is 0.150. The van der Waals surface area contributed by atoms with Crippen molar-refractivity contribution in [3.8, 4) is 17.3 Å². The zero-order chi connectivity index (χ0) is 25.2. The van der Waals surface area contributed by atoms with Gasteiger partial charge in [-0.3, -0.25) is 0 Å². The topological polar surface area (TPSA) is 58.4 Å². The van der Waals surface area contributed by atoms with E-state index in [0.29, 0.717) is 13.2 Å². The lowest BCUT2D eigenvalue weighted by atomic mass is 10.2. The second-order valence-electron chi connectivity index (χ2n) is 10.1. The molecule has 4 rings (SSSR count). The molecule has 0 saturated carbocycles.